The fourth-order valence-corrected chi connectivity index (χ4v) is 10.6. The van der Waals surface area contributed by atoms with Crippen molar-refractivity contribution in [2.45, 2.75) is 38.5 Å². The minimum atomic E-state index is -0.0533. The largest absolute Gasteiger partial charge is 0.453 e. The molecule has 60 heavy (non-hydrogen) atoms. The second kappa shape index (κ2) is 12.7. The Hall–Kier alpha value is -7.16. The highest BCUT2D eigenvalue weighted by Gasteiger charge is 2.37. The van der Waals surface area contributed by atoms with Crippen molar-refractivity contribution in [1.29, 1.82) is 0 Å². The molecule has 2 nitrogen and oxygen atoms in total. The van der Waals surface area contributed by atoms with Crippen molar-refractivity contribution >= 4 is 49.8 Å². The number of furan rings is 1. The van der Waals surface area contributed by atoms with E-state index in [1.807, 2.05) is 0 Å². The van der Waals surface area contributed by atoms with E-state index >= 15 is 0 Å². The van der Waals surface area contributed by atoms with Crippen molar-refractivity contribution < 1.29 is 4.42 Å². The zero-order valence-electron chi connectivity index (χ0n) is 34.3. The number of anilines is 3. The summed E-state index contributed by atoms with van der Waals surface area (Å²) >= 11 is 0. The summed E-state index contributed by atoms with van der Waals surface area (Å²) in [5.74, 6) is 0. The zero-order valence-corrected chi connectivity index (χ0v) is 34.3. The number of hydrogen-bond acceptors (Lipinski definition) is 2. The number of para-hydroxylation sites is 1. The topological polar surface area (TPSA) is 16.4 Å². The average Bonchev–Trinajstić information content (AvgIpc) is 3.87. The lowest BCUT2D eigenvalue weighted by atomic mass is 9.82. The molecule has 0 aliphatic heterocycles. The van der Waals surface area contributed by atoms with Gasteiger partial charge in [-0.05, 0) is 115 Å². The van der Waals surface area contributed by atoms with Gasteiger partial charge in [-0.3, -0.25) is 0 Å². The molecule has 0 unspecified atom stereocenters. The highest BCUT2D eigenvalue weighted by molar-refractivity contribution is 6.17. The van der Waals surface area contributed by atoms with Gasteiger partial charge in [-0.2, -0.15) is 0 Å². The molecule has 2 aliphatic carbocycles. The van der Waals surface area contributed by atoms with Crippen LogP contribution >= 0.6 is 0 Å². The normalized spacial score (nSPS) is 14.3. The molecule has 1 heterocycles. The smallest absolute Gasteiger partial charge is 0.159 e. The molecular weight excluding hydrogens is 727 g/mol. The summed E-state index contributed by atoms with van der Waals surface area (Å²) in [5, 5.41) is 4.52. The Morgan fingerprint density at radius 3 is 1.70 bits per heavy atom. The Bertz CT molecular complexity index is 3360. The van der Waals surface area contributed by atoms with Gasteiger partial charge in [0.2, 0.25) is 0 Å². The Balaban J connectivity index is 1.000. The van der Waals surface area contributed by atoms with Crippen LogP contribution in [0.5, 0.6) is 0 Å². The molecule has 12 rings (SSSR count). The monoisotopic (exact) mass is 769 g/mol. The first-order chi connectivity index (χ1) is 29.3. The number of rotatable bonds is 5. The number of hydrogen-bond donors (Lipinski definition) is 0. The Morgan fingerprint density at radius 2 is 0.917 bits per heavy atom. The van der Waals surface area contributed by atoms with Gasteiger partial charge in [-0.25, -0.2) is 0 Å². The first-order valence-electron chi connectivity index (χ1n) is 21.1. The SMILES string of the molecule is CC1(C)c2ccccc2-c2cc(-c3ccc(N(c4ccc(-c5cccc6c5-c5ccccc5C6(C)C)cc4)c4cccc5c4oc4c6ccccc6ccc54)cc3)ccc21. The quantitative estimate of drug-likeness (QED) is 0.173. The van der Waals surface area contributed by atoms with E-state index in [2.05, 4.69) is 221 Å². The van der Waals surface area contributed by atoms with Gasteiger partial charge in [0.15, 0.2) is 5.58 Å². The molecule has 286 valence electrons. The Morgan fingerprint density at radius 1 is 0.367 bits per heavy atom. The van der Waals surface area contributed by atoms with Crippen molar-refractivity contribution in [2.24, 2.45) is 0 Å². The molecule has 10 aromatic rings. The van der Waals surface area contributed by atoms with E-state index < -0.39 is 0 Å². The third-order valence-electron chi connectivity index (χ3n) is 13.7. The van der Waals surface area contributed by atoms with Crippen LogP contribution in [0.3, 0.4) is 0 Å². The molecule has 9 aromatic carbocycles. The summed E-state index contributed by atoms with van der Waals surface area (Å²) in [4.78, 5) is 2.36. The highest BCUT2D eigenvalue weighted by atomic mass is 16.3. The van der Waals surface area contributed by atoms with Crippen molar-refractivity contribution in [3.63, 3.8) is 0 Å². The summed E-state index contributed by atoms with van der Waals surface area (Å²) in [6, 6.07) is 69.2. The molecule has 0 atom stereocenters. The summed E-state index contributed by atoms with van der Waals surface area (Å²) < 4.78 is 6.96. The average molecular weight is 770 g/mol. The lowest BCUT2D eigenvalue weighted by Crippen LogP contribution is -2.14. The summed E-state index contributed by atoms with van der Waals surface area (Å²) in [7, 11) is 0. The zero-order chi connectivity index (χ0) is 40.3. The van der Waals surface area contributed by atoms with Gasteiger partial charge in [0.05, 0.1) is 5.69 Å². The maximum absolute atomic E-state index is 6.96. The lowest BCUT2D eigenvalue weighted by molar-refractivity contribution is 0.660. The van der Waals surface area contributed by atoms with Gasteiger partial charge < -0.3 is 9.32 Å². The fraction of sp³-hybridized carbons (Fsp3) is 0.103. The van der Waals surface area contributed by atoms with E-state index in [9.17, 15) is 0 Å². The summed E-state index contributed by atoms with van der Waals surface area (Å²) in [6.07, 6.45) is 0. The first-order valence-corrected chi connectivity index (χ1v) is 21.1. The number of benzene rings is 9. The minimum Gasteiger partial charge on any atom is -0.453 e. The molecule has 0 N–H and O–H groups in total. The first kappa shape index (κ1) is 34.8. The molecular formula is C58H43NO. The Labute approximate surface area is 351 Å². The maximum Gasteiger partial charge on any atom is 0.159 e. The lowest BCUT2D eigenvalue weighted by Gasteiger charge is -2.26. The van der Waals surface area contributed by atoms with Crippen molar-refractivity contribution in [3.05, 3.63) is 210 Å². The van der Waals surface area contributed by atoms with Gasteiger partial charge in [-0.15, -0.1) is 0 Å². The Kier molecular flexibility index (Phi) is 7.36. The predicted molar refractivity (Wildman–Crippen MR) is 252 cm³/mol. The van der Waals surface area contributed by atoms with E-state index in [1.54, 1.807) is 0 Å². The van der Waals surface area contributed by atoms with Crippen LogP contribution in [0, 0.1) is 0 Å². The van der Waals surface area contributed by atoms with Crippen LogP contribution in [0.2, 0.25) is 0 Å². The standard InChI is InChI=1S/C58H43NO/c1-57(2)49-19-9-7-15-44(49)48-35-39(28-34-51(48)57)36-23-29-40(30-24-36)59(53-22-12-18-45-46-33-27-37-13-5-6-14-43(37)55(46)60-56(45)53)41-31-25-38(26-32-41)42-17-11-21-52-54(42)47-16-8-10-20-50(47)58(52,3)4/h5-35H,1-4H3. The molecule has 0 radical (unpaired) electrons. The van der Waals surface area contributed by atoms with Crippen LogP contribution in [-0.2, 0) is 10.8 Å². The second-order valence-electron chi connectivity index (χ2n) is 17.7. The minimum absolute atomic E-state index is 0.0179. The second-order valence-corrected chi connectivity index (χ2v) is 17.7. The van der Waals surface area contributed by atoms with E-state index in [0.29, 0.717) is 0 Å². The molecule has 0 fully saturated rings. The molecule has 1 aromatic heterocycles. The van der Waals surface area contributed by atoms with Crippen LogP contribution in [0.25, 0.3) is 77.2 Å². The maximum atomic E-state index is 6.96. The number of nitrogens with zero attached hydrogens (tertiary/aromatic N) is 1. The van der Waals surface area contributed by atoms with Crippen LogP contribution in [0.4, 0.5) is 17.1 Å². The molecule has 2 heteroatoms. The van der Waals surface area contributed by atoms with Crippen LogP contribution < -0.4 is 4.90 Å². The molecule has 2 aliphatic rings. The van der Waals surface area contributed by atoms with Crippen LogP contribution in [0.15, 0.2) is 192 Å². The van der Waals surface area contributed by atoms with Crippen molar-refractivity contribution in [2.75, 3.05) is 4.90 Å². The van der Waals surface area contributed by atoms with Gasteiger partial charge in [0.25, 0.3) is 0 Å². The fourth-order valence-electron chi connectivity index (χ4n) is 10.6. The van der Waals surface area contributed by atoms with E-state index in [4.69, 9.17) is 4.42 Å². The van der Waals surface area contributed by atoms with E-state index in [-0.39, 0.29) is 10.8 Å². The van der Waals surface area contributed by atoms with Crippen molar-refractivity contribution in [3.8, 4) is 44.5 Å². The van der Waals surface area contributed by atoms with Gasteiger partial charge in [0.1, 0.15) is 5.58 Å². The van der Waals surface area contributed by atoms with E-state index in [0.717, 1.165) is 44.4 Å². The van der Waals surface area contributed by atoms with Crippen LogP contribution in [-0.4, -0.2) is 0 Å². The third kappa shape index (κ3) is 4.94. The number of fused-ring (bicyclic) bond motifs is 11. The predicted octanol–water partition coefficient (Wildman–Crippen LogP) is 16.2. The summed E-state index contributed by atoms with van der Waals surface area (Å²) in [5.41, 5.74) is 20.6. The molecule has 0 saturated carbocycles. The molecule has 0 bridgehead atoms. The van der Waals surface area contributed by atoms with Crippen molar-refractivity contribution in [1.82, 2.24) is 0 Å². The highest BCUT2D eigenvalue weighted by Crippen LogP contribution is 2.53. The molecule has 0 saturated heterocycles. The van der Waals surface area contributed by atoms with Crippen LogP contribution in [0.1, 0.15) is 49.9 Å². The van der Waals surface area contributed by atoms with Gasteiger partial charge in [-0.1, -0.05) is 173 Å². The van der Waals surface area contributed by atoms with Gasteiger partial charge in [0, 0.05) is 38.4 Å². The molecule has 0 spiro atoms. The third-order valence-corrected chi connectivity index (χ3v) is 13.7. The summed E-state index contributed by atoms with van der Waals surface area (Å²) in [6.45, 7) is 9.37. The van der Waals surface area contributed by atoms with E-state index in [1.165, 1.54) is 72.1 Å². The molecule has 0 amide bonds. The van der Waals surface area contributed by atoms with Gasteiger partial charge >= 0.3 is 0 Å².